The SMILES string of the molecule is CSC(C)CCNC(=O)c1ccc(Br)s1. The maximum absolute atomic E-state index is 11.6. The number of carbonyl (C=O) groups excluding carboxylic acids is 1. The van der Waals surface area contributed by atoms with E-state index in [1.807, 2.05) is 23.9 Å². The van der Waals surface area contributed by atoms with E-state index >= 15 is 0 Å². The van der Waals surface area contributed by atoms with Gasteiger partial charge in [0.1, 0.15) is 0 Å². The highest BCUT2D eigenvalue weighted by atomic mass is 79.9. The first-order valence-corrected chi connectivity index (χ1v) is 7.59. The van der Waals surface area contributed by atoms with Crippen molar-refractivity contribution in [2.45, 2.75) is 18.6 Å². The molecule has 0 aromatic carbocycles. The van der Waals surface area contributed by atoms with Crippen molar-refractivity contribution in [2.24, 2.45) is 0 Å². The molecule has 5 heteroatoms. The average molecular weight is 308 g/mol. The monoisotopic (exact) mass is 307 g/mol. The second-order valence-corrected chi connectivity index (χ2v) is 6.93. The van der Waals surface area contributed by atoms with Crippen LogP contribution in [0.2, 0.25) is 0 Å². The molecule has 0 saturated heterocycles. The van der Waals surface area contributed by atoms with E-state index in [0.29, 0.717) is 5.25 Å². The second kappa shape index (κ2) is 6.55. The van der Waals surface area contributed by atoms with Gasteiger partial charge in [-0.1, -0.05) is 6.92 Å². The molecule has 1 N–H and O–H groups in total. The van der Waals surface area contributed by atoms with Crippen LogP contribution in [0.5, 0.6) is 0 Å². The lowest BCUT2D eigenvalue weighted by atomic mass is 10.3. The molecular weight excluding hydrogens is 294 g/mol. The van der Waals surface area contributed by atoms with Crippen molar-refractivity contribution in [3.8, 4) is 0 Å². The molecule has 84 valence electrons. The minimum atomic E-state index is 0.0269. The van der Waals surface area contributed by atoms with Crippen LogP contribution in [0.25, 0.3) is 0 Å². The van der Waals surface area contributed by atoms with Gasteiger partial charge in [0.05, 0.1) is 8.66 Å². The summed E-state index contributed by atoms with van der Waals surface area (Å²) in [5.41, 5.74) is 0. The Morgan fingerprint density at radius 2 is 2.40 bits per heavy atom. The Hall–Kier alpha value is -0.0000000000000000833. The molecule has 0 spiro atoms. The molecule has 1 unspecified atom stereocenters. The van der Waals surface area contributed by atoms with E-state index in [-0.39, 0.29) is 5.91 Å². The quantitative estimate of drug-likeness (QED) is 0.903. The molecule has 1 aromatic rings. The molecule has 0 aliphatic heterocycles. The van der Waals surface area contributed by atoms with Gasteiger partial charge >= 0.3 is 0 Å². The van der Waals surface area contributed by atoms with Crippen LogP contribution in [0.15, 0.2) is 15.9 Å². The van der Waals surface area contributed by atoms with E-state index in [4.69, 9.17) is 0 Å². The minimum absolute atomic E-state index is 0.0269. The molecule has 2 nitrogen and oxygen atoms in total. The number of amides is 1. The molecule has 0 radical (unpaired) electrons. The molecule has 1 atom stereocenters. The third kappa shape index (κ3) is 4.57. The number of rotatable bonds is 5. The van der Waals surface area contributed by atoms with Gasteiger partial charge in [-0.15, -0.1) is 11.3 Å². The molecule has 15 heavy (non-hydrogen) atoms. The third-order valence-electron chi connectivity index (χ3n) is 2.04. The predicted molar refractivity (Wildman–Crippen MR) is 71.9 cm³/mol. The lowest BCUT2D eigenvalue weighted by Crippen LogP contribution is -2.25. The highest BCUT2D eigenvalue weighted by Crippen LogP contribution is 2.21. The van der Waals surface area contributed by atoms with Gasteiger partial charge in [-0.05, 0) is 40.7 Å². The Balaban J connectivity index is 2.31. The first-order chi connectivity index (χ1) is 7.13. The number of thiophene rings is 1. The zero-order valence-corrected chi connectivity index (χ0v) is 12.0. The largest absolute Gasteiger partial charge is 0.351 e. The maximum Gasteiger partial charge on any atom is 0.261 e. The number of hydrogen-bond donors (Lipinski definition) is 1. The van der Waals surface area contributed by atoms with Crippen molar-refractivity contribution in [3.05, 3.63) is 20.8 Å². The Bertz CT molecular complexity index is 327. The Morgan fingerprint density at radius 1 is 1.67 bits per heavy atom. The van der Waals surface area contributed by atoms with Gasteiger partial charge in [-0.3, -0.25) is 4.79 Å². The Labute approximate surface area is 107 Å². The van der Waals surface area contributed by atoms with E-state index < -0.39 is 0 Å². The molecule has 1 rings (SSSR count). The second-order valence-electron chi connectivity index (χ2n) is 3.19. The van der Waals surface area contributed by atoms with Gasteiger partial charge in [-0.25, -0.2) is 0 Å². The lowest BCUT2D eigenvalue weighted by molar-refractivity contribution is 0.0957. The smallest absolute Gasteiger partial charge is 0.261 e. The number of thioether (sulfide) groups is 1. The Morgan fingerprint density at radius 3 is 2.93 bits per heavy atom. The summed E-state index contributed by atoms with van der Waals surface area (Å²) in [4.78, 5) is 12.4. The topological polar surface area (TPSA) is 29.1 Å². The van der Waals surface area contributed by atoms with E-state index in [1.54, 1.807) is 0 Å². The summed E-state index contributed by atoms with van der Waals surface area (Å²) in [6.07, 6.45) is 3.10. The molecule has 0 fully saturated rings. The van der Waals surface area contributed by atoms with Crippen molar-refractivity contribution in [2.75, 3.05) is 12.8 Å². The summed E-state index contributed by atoms with van der Waals surface area (Å²) in [5, 5.41) is 3.51. The van der Waals surface area contributed by atoms with Crippen molar-refractivity contribution in [3.63, 3.8) is 0 Å². The number of halogens is 1. The normalized spacial score (nSPS) is 12.5. The number of hydrogen-bond acceptors (Lipinski definition) is 3. The van der Waals surface area contributed by atoms with Crippen LogP contribution in [0.4, 0.5) is 0 Å². The molecule has 0 aliphatic rings. The first kappa shape index (κ1) is 13.1. The van der Waals surface area contributed by atoms with Gasteiger partial charge in [0.25, 0.3) is 5.91 Å². The highest BCUT2D eigenvalue weighted by Gasteiger charge is 2.08. The fourth-order valence-electron chi connectivity index (χ4n) is 1.03. The molecule has 1 aromatic heterocycles. The number of carbonyl (C=O) groups is 1. The average Bonchev–Trinajstić information content (AvgIpc) is 2.64. The summed E-state index contributed by atoms with van der Waals surface area (Å²) in [7, 11) is 0. The summed E-state index contributed by atoms with van der Waals surface area (Å²) < 4.78 is 0.991. The van der Waals surface area contributed by atoms with Gasteiger partial charge in [0.2, 0.25) is 0 Å². The lowest BCUT2D eigenvalue weighted by Gasteiger charge is -2.08. The summed E-state index contributed by atoms with van der Waals surface area (Å²) in [6.45, 7) is 2.91. The maximum atomic E-state index is 11.6. The third-order valence-corrected chi connectivity index (χ3v) is 4.70. The highest BCUT2D eigenvalue weighted by molar-refractivity contribution is 9.11. The van der Waals surface area contributed by atoms with E-state index in [2.05, 4.69) is 34.4 Å². The van der Waals surface area contributed by atoms with Crippen LogP contribution >= 0.6 is 39.0 Å². The molecule has 0 bridgehead atoms. The molecule has 1 heterocycles. The zero-order chi connectivity index (χ0) is 11.3. The molecular formula is C10H14BrNOS2. The summed E-state index contributed by atoms with van der Waals surface area (Å²) in [5.74, 6) is 0.0269. The zero-order valence-electron chi connectivity index (χ0n) is 8.75. The molecule has 0 aliphatic carbocycles. The first-order valence-electron chi connectivity index (χ1n) is 4.70. The number of nitrogens with one attached hydrogen (secondary N) is 1. The fraction of sp³-hybridized carbons (Fsp3) is 0.500. The van der Waals surface area contributed by atoms with Crippen molar-refractivity contribution in [1.82, 2.24) is 5.32 Å². The van der Waals surface area contributed by atoms with Gasteiger partial charge in [-0.2, -0.15) is 11.8 Å². The van der Waals surface area contributed by atoms with E-state index in [9.17, 15) is 4.79 Å². The van der Waals surface area contributed by atoms with Crippen LogP contribution < -0.4 is 5.32 Å². The van der Waals surface area contributed by atoms with Crippen molar-refractivity contribution >= 4 is 44.9 Å². The summed E-state index contributed by atoms with van der Waals surface area (Å²) in [6, 6.07) is 3.73. The Kier molecular flexibility index (Phi) is 5.71. The van der Waals surface area contributed by atoms with E-state index in [0.717, 1.165) is 21.6 Å². The van der Waals surface area contributed by atoms with Crippen LogP contribution in [-0.4, -0.2) is 24.0 Å². The summed E-state index contributed by atoms with van der Waals surface area (Å²) >= 11 is 6.62. The molecule has 0 saturated carbocycles. The van der Waals surface area contributed by atoms with Crippen LogP contribution in [-0.2, 0) is 0 Å². The van der Waals surface area contributed by atoms with Crippen LogP contribution in [0.3, 0.4) is 0 Å². The van der Waals surface area contributed by atoms with Gasteiger partial charge in [0, 0.05) is 11.8 Å². The van der Waals surface area contributed by atoms with E-state index in [1.165, 1.54) is 11.3 Å². The molecule has 1 amide bonds. The fourth-order valence-corrected chi connectivity index (χ4v) is 2.69. The van der Waals surface area contributed by atoms with Crippen molar-refractivity contribution < 1.29 is 4.79 Å². The predicted octanol–water partition coefficient (Wildman–Crippen LogP) is 3.38. The van der Waals surface area contributed by atoms with Gasteiger partial charge in [0.15, 0.2) is 0 Å². The van der Waals surface area contributed by atoms with Crippen LogP contribution in [0.1, 0.15) is 23.0 Å². The van der Waals surface area contributed by atoms with Gasteiger partial charge < -0.3 is 5.32 Å². The standard InChI is InChI=1S/C10H14BrNOS2/c1-7(14-2)5-6-12-10(13)8-3-4-9(11)15-8/h3-4,7H,5-6H2,1-2H3,(H,12,13). The minimum Gasteiger partial charge on any atom is -0.351 e. The van der Waals surface area contributed by atoms with Crippen molar-refractivity contribution in [1.29, 1.82) is 0 Å². The van der Waals surface area contributed by atoms with Crippen LogP contribution in [0, 0.1) is 0 Å².